The molecule has 1 aliphatic heterocycles. The van der Waals surface area contributed by atoms with E-state index in [0.717, 1.165) is 5.92 Å². The van der Waals surface area contributed by atoms with Crippen LogP contribution in [-0.2, 0) is 6.42 Å². The van der Waals surface area contributed by atoms with Crippen molar-refractivity contribution in [1.29, 1.82) is 0 Å². The molecule has 20 heavy (non-hydrogen) atoms. The van der Waals surface area contributed by atoms with Gasteiger partial charge in [-0.15, -0.1) is 0 Å². The Hall–Kier alpha value is -0.820. The van der Waals surface area contributed by atoms with Crippen molar-refractivity contribution in [3.8, 4) is 0 Å². The first-order valence-electron chi connectivity index (χ1n) is 8.63. The molecule has 1 unspecified atom stereocenters. The smallest absolute Gasteiger partial charge is 0.0108 e. The lowest BCUT2D eigenvalue weighted by molar-refractivity contribution is 0.593. The van der Waals surface area contributed by atoms with Crippen LogP contribution in [0, 0.1) is 0 Å². The molecule has 0 spiro atoms. The Bertz CT molecular complexity index is 368. The molecule has 0 aromatic heterocycles. The molecule has 112 valence electrons. The molecule has 2 atom stereocenters. The third-order valence-electron chi connectivity index (χ3n) is 4.75. The molecule has 1 N–H and O–H groups in total. The SMILES string of the molecule is CCCCCCCCc1ccc(C2CCN[C@@H]2C)cc1. The van der Waals surface area contributed by atoms with Gasteiger partial charge in [-0.1, -0.05) is 63.3 Å². The van der Waals surface area contributed by atoms with Crippen LogP contribution in [0.5, 0.6) is 0 Å². The summed E-state index contributed by atoms with van der Waals surface area (Å²) in [6, 6.07) is 10.1. The van der Waals surface area contributed by atoms with Gasteiger partial charge in [0.2, 0.25) is 0 Å². The molecule has 0 aliphatic carbocycles. The van der Waals surface area contributed by atoms with Crippen LogP contribution < -0.4 is 5.32 Å². The summed E-state index contributed by atoms with van der Waals surface area (Å²) in [7, 11) is 0. The summed E-state index contributed by atoms with van der Waals surface area (Å²) in [5.74, 6) is 0.720. The van der Waals surface area contributed by atoms with Crippen LogP contribution in [0.2, 0.25) is 0 Å². The van der Waals surface area contributed by atoms with E-state index in [9.17, 15) is 0 Å². The average molecular weight is 273 g/mol. The van der Waals surface area contributed by atoms with E-state index < -0.39 is 0 Å². The van der Waals surface area contributed by atoms with Crippen molar-refractivity contribution in [3.05, 3.63) is 35.4 Å². The lowest BCUT2D eigenvalue weighted by Crippen LogP contribution is -2.21. The molecular formula is C19H31N. The maximum Gasteiger partial charge on any atom is 0.0108 e. The van der Waals surface area contributed by atoms with Gasteiger partial charge in [-0.05, 0) is 43.9 Å². The molecule has 1 aromatic carbocycles. The third-order valence-corrected chi connectivity index (χ3v) is 4.75. The van der Waals surface area contributed by atoms with Crippen molar-refractivity contribution in [2.45, 2.75) is 77.2 Å². The zero-order valence-corrected chi connectivity index (χ0v) is 13.3. The predicted octanol–water partition coefficient (Wildman–Crippen LogP) is 5.06. The van der Waals surface area contributed by atoms with Gasteiger partial charge >= 0.3 is 0 Å². The van der Waals surface area contributed by atoms with E-state index in [4.69, 9.17) is 0 Å². The lowest BCUT2D eigenvalue weighted by Gasteiger charge is -2.15. The van der Waals surface area contributed by atoms with Gasteiger partial charge in [-0.25, -0.2) is 0 Å². The number of hydrogen-bond acceptors (Lipinski definition) is 1. The topological polar surface area (TPSA) is 12.0 Å². The molecule has 1 aromatic rings. The number of unbranched alkanes of at least 4 members (excludes halogenated alkanes) is 5. The number of rotatable bonds is 8. The van der Waals surface area contributed by atoms with Gasteiger partial charge in [-0.3, -0.25) is 0 Å². The highest BCUT2D eigenvalue weighted by Gasteiger charge is 2.23. The third kappa shape index (κ3) is 4.63. The summed E-state index contributed by atoms with van der Waals surface area (Å²) in [6.07, 6.45) is 10.9. The molecule has 1 saturated heterocycles. The molecule has 0 bridgehead atoms. The maximum absolute atomic E-state index is 3.54. The van der Waals surface area contributed by atoms with E-state index in [2.05, 4.69) is 43.4 Å². The zero-order valence-electron chi connectivity index (χ0n) is 13.3. The van der Waals surface area contributed by atoms with E-state index in [0.29, 0.717) is 6.04 Å². The van der Waals surface area contributed by atoms with Gasteiger partial charge in [0.1, 0.15) is 0 Å². The van der Waals surface area contributed by atoms with Crippen LogP contribution in [0.1, 0.15) is 75.8 Å². The molecule has 1 nitrogen and oxygen atoms in total. The fraction of sp³-hybridized carbons (Fsp3) is 0.684. The van der Waals surface area contributed by atoms with Crippen molar-refractivity contribution in [2.24, 2.45) is 0 Å². The quantitative estimate of drug-likeness (QED) is 0.653. The summed E-state index contributed by atoms with van der Waals surface area (Å²) in [6.45, 7) is 5.76. The predicted molar refractivity (Wildman–Crippen MR) is 88.3 cm³/mol. The number of aryl methyl sites for hydroxylation is 1. The van der Waals surface area contributed by atoms with Gasteiger partial charge in [0.15, 0.2) is 0 Å². The molecule has 0 amide bonds. The second-order valence-corrected chi connectivity index (χ2v) is 6.40. The minimum atomic E-state index is 0.638. The minimum Gasteiger partial charge on any atom is -0.314 e. The van der Waals surface area contributed by atoms with Crippen molar-refractivity contribution < 1.29 is 0 Å². The lowest BCUT2D eigenvalue weighted by atomic mass is 9.92. The Morgan fingerprint density at radius 1 is 1.00 bits per heavy atom. The van der Waals surface area contributed by atoms with E-state index in [-0.39, 0.29) is 0 Å². The number of hydrogen-bond donors (Lipinski definition) is 1. The Morgan fingerprint density at radius 2 is 1.70 bits per heavy atom. The maximum atomic E-state index is 3.54. The second-order valence-electron chi connectivity index (χ2n) is 6.40. The molecule has 1 heterocycles. The molecule has 1 aliphatic rings. The van der Waals surface area contributed by atoms with Gasteiger partial charge < -0.3 is 5.32 Å². The van der Waals surface area contributed by atoms with Crippen LogP contribution in [0.25, 0.3) is 0 Å². The average Bonchev–Trinajstić information content (AvgIpc) is 2.90. The van der Waals surface area contributed by atoms with E-state index >= 15 is 0 Å². The molecule has 1 heteroatoms. The fourth-order valence-electron chi connectivity index (χ4n) is 3.36. The minimum absolute atomic E-state index is 0.638. The first-order chi connectivity index (χ1) is 9.81. The van der Waals surface area contributed by atoms with Crippen LogP contribution in [0.15, 0.2) is 24.3 Å². The van der Waals surface area contributed by atoms with Gasteiger partial charge in [0.05, 0.1) is 0 Å². The Morgan fingerprint density at radius 3 is 2.35 bits per heavy atom. The van der Waals surface area contributed by atoms with Gasteiger partial charge in [0, 0.05) is 12.0 Å². The zero-order chi connectivity index (χ0) is 14.2. The number of nitrogens with one attached hydrogen (secondary N) is 1. The molecule has 0 radical (unpaired) electrons. The molecule has 1 fully saturated rings. The first kappa shape index (κ1) is 15.6. The van der Waals surface area contributed by atoms with E-state index in [1.54, 1.807) is 0 Å². The highest BCUT2D eigenvalue weighted by Crippen LogP contribution is 2.27. The molecular weight excluding hydrogens is 242 g/mol. The van der Waals surface area contributed by atoms with Gasteiger partial charge in [0.25, 0.3) is 0 Å². The van der Waals surface area contributed by atoms with Crippen LogP contribution >= 0.6 is 0 Å². The Balaban J connectivity index is 1.71. The summed E-state index contributed by atoms with van der Waals surface area (Å²) >= 11 is 0. The van der Waals surface area contributed by atoms with Gasteiger partial charge in [-0.2, -0.15) is 0 Å². The highest BCUT2D eigenvalue weighted by atomic mass is 14.9. The standard InChI is InChI=1S/C19H31N/c1-3-4-5-6-7-8-9-17-10-12-18(13-11-17)19-14-15-20-16(19)2/h10-13,16,19-20H,3-9,14-15H2,1-2H3/t16-,19?/m1/s1. The van der Waals surface area contributed by atoms with Crippen molar-refractivity contribution in [1.82, 2.24) is 5.32 Å². The van der Waals surface area contributed by atoms with Crippen LogP contribution in [-0.4, -0.2) is 12.6 Å². The largest absolute Gasteiger partial charge is 0.314 e. The molecule has 2 rings (SSSR count). The van der Waals surface area contributed by atoms with E-state index in [1.165, 1.54) is 69.0 Å². The summed E-state index contributed by atoms with van der Waals surface area (Å²) < 4.78 is 0. The Labute approximate surface area is 125 Å². The monoisotopic (exact) mass is 273 g/mol. The summed E-state index contributed by atoms with van der Waals surface area (Å²) in [5.41, 5.74) is 3.04. The highest BCUT2D eigenvalue weighted by molar-refractivity contribution is 5.27. The number of benzene rings is 1. The molecule has 0 saturated carbocycles. The van der Waals surface area contributed by atoms with Crippen molar-refractivity contribution >= 4 is 0 Å². The Kier molecular flexibility index (Phi) is 6.59. The van der Waals surface area contributed by atoms with E-state index in [1.807, 2.05) is 0 Å². The van der Waals surface area contributed by atoms with Crippen LogP contribution in [0.4, 0.5) is 0 Å². The van der Waals surface area contributed by atoms with Crippen molar-refractivity contribution in [3.63, 3.8) is 0 Å². The van der Waals surface area contributed by atoms with Crippen LogP contribution in [0.3, 0.4) is 0 Å². The summed E-state index contributed by atoms with van der Waals surface area (Å²) in [4.78, 5) is 0. The normalized spacial score (nSPS) is 22.3. The summed E-state index contributed by atoms with van der Waals surface area (Å²) in [5, 5.41) is 3.54. The van der Waals surface area contributed by atoms with Crippen molar-refractivity contribution in [2.75, 3.05) is 6.54 Å². The second kappa shape index (κ2) is 8.46. The first-order valence-corrected chi connectivity index (χ1v) is 8.63. The fourth-order valence-corrected chi connectivity index (χ4v) is 3.36.